The van der Waals surface area contributed by atoms with Crippen LogP contribution >= 0.6 is 0 Å². The molecule has 170 valence electrons. The minimum atomic E-state index is -0.365. The van der Waals surface area contributed by atoms with E-state index in [1.54, 1.807) is 32.4 Å². The van der Waals surface area contributed by atoms with E-state index in [1.807, 2.05) is 23.1 Å². The van der Waals surface area contributed by atoms with Gasteiger partial charge in [-0.25, -0.2) is 4.39 Å². The highest BCUT2D eigenvalue weighted by molar-refractivity contribution is 5.83. The van der Waals surface area contributed by atoms with Crippen molar-refractivity contribution >= 4 is 11.8 Å². The van der Waals surface area contributed by atoms with Crippen molar-refractivity contribution in [2.45, 2.75) is 31.7 Å². The lowest BCUT2D eigenvalue weighted by atomic mass is 9.83. The Hall–Kier alpha value is -3.09. The zero-order chi connectivity index (χ0) is 22.7. The van der Waals surface area contributed by atoms with E-state index >= 15 is 0 Å². The monoisotopic (exact) mass is 440 g/mol. The lowest BCUT2D eigenvalue weighted by molar-refractivity contribution is -0.137. The maximum Gasteiger partial charge on any atom is 0.225 e. The largest absolute Gasteiger partial charge is 0.493 e. The molecule has 0 bridgehead atoms. The number of hydrogen-bond acceptors (Lipinski definition) is 4. The number of benzene rings is 2. The quantitative estimate of drug-likeness (QED) is 0.716. The van der Waals surface area contributed by atoms with Crippen LogP contribution in [0.15, 0.2) is 42.5 Å². The molecule has 2 unspecified atom stereocenters. The van der Waals surface area contributed by atoms with Gasteiger partial charge in [0.1, 0.15) is 5.82 Å². The molecular weight excluding hydrogens is 411 g/mol. The first-order valence-electron chi connectivity index (χ1n) is 11.0. The number of carbonyl (C=O) groups is 2. The molecule has 1 heterocycles. The predicted molar refractivity (Wildman–Crippen MR) is 118 cm³/mol. The Labute approximate surface area is 187 Å². The van der Waals surface area contributed by atoms with E-state index in [9.17, 15) is 14.0 Å². The van der Waals surface area contributed by atoms with Gasteiger partial charge in [-0.3, -0.25) is 9.59 Å². The van der Waals surface area contributed by atoms with Gasteiger partial charge in [-0.2, -0.15) is 0 Å². The van der Waals surface area contributed by atoms with E-state index < -0.39 is 0 Å². The van der Waals surface area contributed by atoms with Crippen LogP contribution in [0.4, 0.5) is 4.39 Å². The summed E-state index contributed by atoms with van der Waals surface area (Å²) >= 11 is 0. The molecule has 1 saturated carbocycles. The molecule has 2 atom stereocenters. The Kier molecular flexibility index (Phi) is 6.63. The molecule has 6 nitrogen and oxygen atoms in total. The number of carbonyl (C=O) groups excluding carboxylic acids is 2. The lowest BCUT2D eigenvalue weighted by Crippen LogP contribution is -2.48. The van der Waals surface area contributed by atoms with Crippen LogP contribution in [0, 0.1) is 17.7 Å². The molecule has 7 heteroatoms. The van der Waals surface area contributed by atoms with Gasteiger partial charge in [0.25, 0.3) is 0 Å². The number of piperidine rings is 1. The summed E-state index contributed by atoms with van der Waals surface area (Å²) in [4.78, 5) is 27.7. The summed E-state index contributed by atoms with van der Waals surface area (Å²) in [6.45, 7) is 1.09. The third-order valence-corrected chi connectivity index (χ3v) is 6.35. The summed E-state index contributed by atoms with van der Waals surface area (Å²) in [6.07, 6.45) is 2.44. The second-order valence-electron chi connectivity index (χ2n) is 8.57. The smallest absolute Gasteiger partial charge is 0.225 e. The van der Waals surface area contributed by atoms with Crippen LogP contribution in [-0.2, 0) is 16.1 Å². The van der Waals surface area contributed by atoms with Gasteiger partial charge < -0.3 is 19.7 Å². The molecule has 1 saturated heterocycles. The summed E-state index contributed by atoms with van der Waals surface area (Å²) in [5.41, 5.74) is 1.45. The van der Waals surface area contributed by atoms with Crippen molar-refractivity contribution in [2.24, 2.45) is 11.8 Å². The minimum Gasteiger partial charge on any atom is -0.493 e. The number of hydrogen-bond donors (Lipinski definition) is 1. The summed E-state index contributed by atoms with van der Waals surface area (Å²) in [5.74, 6) is 0.598. The highest BCUT2D eigenvalue weighted by atomic mass is 19.1. The van der Waals surface area contributed by atoms with Crippen molar-refractivity contribution in [1.82, 2.24) is 10.2 Å². The third-order valence-electron chi connectivity index (χ3n) is 6.35. The Morgan fingerprint density at radius 1 is 1.03 bits per heavy atom. The fraction of sp³-hybridized carbons (Fsp3) is 0.440. The molecule has 32 heavy (non-hydrogen) atoms. The second-order valence-corrected chi connectivity index (χ2v) is 8.57. The first kappa shape index (κ1) is 22.1. The molecule has 2 aromatic rings. The van der Waals surface area contributed by atoms with E-state index in [1.165, 1.54) is 6.07 Å². The van der Waals surface area contributed by atoms with Gasteiger partial charge >= 0.3 is 0 Å². The molecule has 2 aliphatic rings. The van der Waals surface area contributed by atoms with Crippen molar-refractivity contribution in [3.8, 4) is 11.5 Å². The Morgan fingerprint density at radius 3 is 2.47 bits per heavy atom. The van der Waals surface area contributed by atoms with Crippen LogP contribution in [0.5, 0.6) is 11.5 Å². The molecule has 2 aromatic carbocycles. The van der Waals surface area contributed by atoms with Gasteiger partial charge in [-0.1, -0.05) is 24.3 Å². The molecule has 1 aliphatic heterocycles. The third kappa shape index (κ3) is 4.87. The predicted octanol–water partition coefficient (Wildman–Crippen LogP) is 3.50. The van der Waals surface area contributed by atoms with Gasteiger partial charge in [-0.05, 0) is 43.0 Å². The average molecular weight is 441 g/mol. The number of ether oxygens (including phenoxy) is 2. The van der Waals surface area contributed by atoms with Crippen LogP contribution in [0.2, 0.25) is 0 Å². The van der Waals surface area contributed by atoms with Crippen molar-refractivity contribution in [2.75, 3.05) is 27.3 Å². The Bertz CT molecular complexity index is 992. The van der Waals surface area contributed by atoms with Gasteiger partial charge in [-0.15, -0.1) is 0 Å². The van der Waals surface area contributed by atoms with E-state index in [0.29, 0.717) is 36.6 Å². The average Bonchev–Trinajstić information content (AvgIpc) is 3.67. The maximum absolute atomic E-state index is 13.9. The molecule has 1 aliphatic carbocycles. The van der Waals surface area contributed by atoms with E-state index in [4.69, 9.17) is 9.47 Å². The van der Waals surface area contributed by atoms with E-state index in [2.05, 4.69) is 5.32 Å². The second kappa shape index (κ2) is 9.59. The molecule has 4 rings (SSSR count). The van der Waals surface area contributed by atoms with Crippen LogP contribution in [-0.4, -0.2) is 44.0 Å². The lowest BCUT2D eigenvalue weighted by Gasteiger charge is -2.37. The first-order chi connectivity index (χ1) is 15.5. The topological polar surface area (TPSA) is 67.9 Å². The van der Waals surface area contributed by atoms with Gasteiger partial charge in [0.2, 0.25) is 11.8 Å². The van der Waals surface area contributed by atoms with Crippen LogP contribution in [0.25, 0.3) is 0 Å². The number of amides is 2. The van der Waals surface area contributed by atoms with Crippen molar-refractivity contribution < 1.29 is 23.5 Å². The highest BCUT2D eigenvalue weighted by Gasteiger charge is 2.40. The molecule has 2 fully saturated rings. The summed E-state index contributed by atoms with van der Waals surface area (Å²) < 4.78 is 24.7. The van der Waals surface area contributed by atoms with Gasteiger partial charge in [0.15, 0.2) is 11.5 Å². The van der Waals surface area contributed by atoms with Crippen LogP contribution in [0.3, 0.4) is 0 Å². The molecule has 0 radical (unpaired) electrons. The summed E-state index contributed by atoms with van der Waals surface area (Å²) in [5, 5.41) is 2.87. The van der Waals surface area contributed by atoms with Gasteiger partial charge in [0.05, 0.1) is 20.1 Å². The Morgan fingerprint density at radius 2 is 1.78 bits per heavy atom. The number of nitrogens with zero attached hydrogens (tertiary/aromatic N) is 1. The standard InChI is InChI=1S/C25H29FN2O4/c1-31-22-10-9-17(12-23(22)32-2)19-11-20(15-28(14-19)25(30)16-7-8-16)24(29)27-13-18-5-3-4-6-21(18)26/h3-6,9-10,12,16,19-20H,7-8,11,13-15H2,1-2H3,(H,27,29). The van der Waals surface area contributed by atoms with Crippen molar-refractivity contribution in [3.05, 3.63) is 59.4 Å². The minimum absolute atomic E-state index is 0.00420. The molecule has 2 amide bonds. The summed E-state index contributed by atoms with van der Waals surface area (Å²) in [7, 11) is 3.18. The van der Waals surface area contributed by atoms with Gasteiger partial charge in [0, 0.05) is 37.0 Å². The summed E-state index contributed by atoms with van der Waals surface area (Å²) in [6, 6.07) is 12.1. The number of methoxy groups -OCH3 is 2. The maximum atomic E-state index is 13.9. The highest BCUT2D eigenvalue weighted by Crippen LogP contribution is 2.38. The number of halogens is 1. The molecule has 1 N–H and O–H groups in total. The zero-order valence-electron chi connectivity index (χ0n) is 18.5. The van der Waals surface area contributed by atoms with E-state index in [-0.39, 0.29) is 41.9 Å². The molecule has 0 spiro atoms. The number of nitrogens with one attached hydrogen (secondary N) is 1. The molecular formula is C25H29FN2O4. The number of rotatable bonds is 7. The van der Waals surface area contributed by atoms with Crippen molar-refractivity contribution in [1.29, 1.82) is 0 Å². The van der Waals surface area contributed by atoms with Crippen LogP contribution < -0.4 is 14.8 Å². The fourth-order valence-corrected chi connectivity index (χ4v) is 4.37. The zero-order valence-corrected chi connectivity index (χ0v) is 18.5. The first-order valence-corrected chi connectivity index (χ1v) is 11.0. The Balaban J connectivity index is 1.52. The SMILES string of the molecule is COc1ccc(C2CC(C(=O)NCc3ccccc3F)CN(C(=O)C3CC3)C2)cc1OC. The number of likely N-dealkylation sites (tertiary alicyclic amines) is 1. The normalized spacial score (nSPS) is 20.5. The molecule has 0 aromatic heterocycles. The fourth-order valence-electron chi connectivity index (χ4n) is 4.37. The van der Waals surface area contributed by atoms with E-state index in [0.717, 1.165) is 18.4 Å². The van der Waals surface area contributed by atoms with Crippen LogP contribution in [0.1, 0.15) is 36.3 Å². The van der Waals surface area contributed by atoms with Crippen molar-refractivity contribution in [3.63, 3.8) is 0 Å².